The molecule has 6 aromatic rings. The predicted octanol–water partition coefficient (Wildman–Crippen LogP) is 10.3. The summed E-state index contributed by atoms with van der Waals surface area (Å²) in [5, 5.41) is 3.73. The summed E-state index contributed by atoms with van der Waals surface area (Å²) >= 11 is 0. The SMILES string of the molecule is CC(C)c1ccc(-c2[c-]cccc2)nc1.C[Si](C)(C)c1cccc2c1oc1c(-c3ccc(C4CCCC4)cn3)[c-]ccc12.[Ir]. The summed E-state index contributed by atoms with van der Waals surface area (Å²) < 4.78 is 6.49. The van der Waals surface area contributed by atoms with Gasteiger partial charge in [0.25, 0.3) is 0 Å². The summed E-state index contributed by atoms with van der Waals surface area (Å²) in [6.07, 6.45) is 9.29. The van der Waals surface area contributed by atoms with E-state index < -0.39 is 8.07 Å². The van der Waals surface area contributed by atoms with Crippen molar-refractivity contribution in [3.8, 4) is 22.5 Å². The number of nitrogens with zero attached hydrogens (tertiary/aromatic N) is 2. The van der Waals surface area contributed by atoms with Crippen molar-refractivity contribution in [3.05, 3.63) is 115 Å². The maximum atomic E-state index is 6.49. The fourth-order valence-electron chi connectivity index (χ4n) is 6.06. The Labute approximate surface area is 276 Å². The van der Waals surface area contributed by atoms with Crippen LogP contribution in [0.25, 0.3) is 44.5 Å². The Balaban J connectivity index is 0.000000204. The minimum absolute atomic E-state index is 0. The smallest absolute Gasteiger partial charge is 0.120 e. The van der Waals surface area contributed by atoms with E-state index >= 15 is 0 Å². The summed E-state index contributed by atoms with van der Waals surface area (Å²) in [5.74, 6) is 1.22. The molecule has 0 atom stereocenters. The third kappa shape index (κ3) is 6.81. The normalized spacial score (nSPS) is 13.6. The van der Waals surface area contributed by atoms with Crippen molar-refractivity contribution in [1.29, 1.82) is 0 Å². The predicted molar refractivity (Wildman–Crippen MR) is 183 cm³/mol. The van der Waals surface area contributed by atoms with Crippen LogP contribution in [0.4, 0.5) is 0 Å². The maximum absolute atomic E-state index is 6.49. The number of benzene rings is 3. The summed E-state index contributed by atoms with van der Waals surface area (Å²) in [7, 11) is -1.50. The van der Waals surface area contributed by atoms with Gasteiger partial charge in [-0.3, -0.25) is 0 Å². The molecule has 1 aliphatic rings. The first-order valence-corrected chi connectivity index (χ1v) is 19.1. The summed E-state index contributed by atoms with van der Waals surface area (Å²) in [4.78, 5) is 9.24. The minimum Gasteiger partial charge on any atom is -0.501 e. The van der Waals surface area contributed by atoms with E-state index in [4.69, 9.17) is 9.40 Å². The van der Waals surface area contributed by atoms with Crippen LogP contribution < -0.4 is 5.19 Å². The van der Waals surface area contributed by atoms with Crippen LogP contribution in [0.5, 0.6) is 0 Å². The quantitative estimate of drug-likeness (QED) is 0.129. The van der Waals surface area contributed by atoms with E-state index in [-0.39, 0.29) is 20.1 Å². The van der Waals surface area contributed by atoms with Gasteiger partial charge >= 0.3 is 0 Å². The number of rotatable bonds is 5. The zero-order chi connectivity index (χ0) is 30.0. The van der Waals surface area contributed by atoms with Gasteiger partial charge in [-0.05, 0) is 52.4 Å². The Bertz CT molecular complexity index is 1820. The molecule has 3 aromatic heterocycles. The molecule has 1 radical (unpaired) electrons. The van der Waals surface area contributed by atoms with Gasteiger partial charge in [-0.15, -0.1) is 54.1 Å². The van der Waals surface area contributed by atoms with Gasteiger partial charge in [0.2, 0.25) is 0 Å². The zero-order valence-electron chi connectivity index (χ0n) is 26.3. The van der Waals surface area contributed by atoms with E-state index in [1.54, 1.807) is 0 Å². The number of furan rings is 1. The molecule has 227 valence electrons. The number of hydrogen-bond donors (Lipinski definition) is 0. The van der Waals surface area contributed by atoms with E-state index in [0.29, 0.717) is 11.8 Å². The van der Waals surface area contributed by atoms with Gasteiger partial charge in [0, 0.05) is 37.9 Å². The van der Waals surface area contributed by atoms with Crippen LogP contribution in [0, 0.1) is 12.1 Å². The van der Waals surface area contributed by atoms with Gasteiger partial charge in [0.05, 0.1) is 13.7 Å². The molecule has 1 fully saturated rings. The van der Waals surface area contributed by atoms with Gasteiger partial charge in [-0.1, -0.05) is 99.7 Å². The van der Waals surface area contributed by atoms with Crippen LogP contribution in [0.1, 0.15) is 62.5 Å². The standard InChI is InChI=1S/C25H26NOSi.C14H14N.Ir/c1-28(2,3)23-13-7-11-20-19-10-6-12-21(24(19)27-25(20)23)22-15-14-18(16-26-22)17-8-4-5-9-17;1-11(2)13-8-9-14(15-10-13)12-6-4-3-5-7-12;/h6-7,10-11,13-17H,4-5,8-9H2,1-3H3;3-6,8-11H,1-2H3;/q2*-1;. The molecule has 0 bridgehead atoms. The molecule has 0 saturated heterocycles. The van der Waals surface area contributed by atoms with E-state index in [1.807, 2.05) is 36.5 Å². The first-order valence-electron chi connectivity index (χ1n) is 15.6. The molecule has 0 aliphatic heterocycles. The average Bonchev–Trinajstić information content (AvgIpc) is 3.70. The number of fused-ring (bicyclic) bond motifs is 3. The van der Waals surface area contributed by atoms with Crippen molar-refractivity contribution in [2.45, 2.75) is 71.0 Å². The molecule has 0 amide bonds. The number of pyridine rings is 2. The van der Waals surface area contributed by atoms with E-state index in [0.717, 1.165) is 39.1 Å². The van der Waals surface area contributed by atoms with Crippen LogP contribution >= 0.6 is 0 Å². The fraction of sp³-hybridized carbons (Fsp3) is 0.282. The molecule has 1 saturated carbocycles. The Morgan fingerprint density at radius 1 is 0.750 bits per heavy atom. The van der Waals surface area contributed by atoms with Crippen molar-refractivity contribution < 1.29 is 24.5 Å². The molecule has 3 heterocycles. The van der Waals surface area contributed by atoms with Crippen molar-refractivity contribution >= 4 is 35.2 Å². The molecule has 3 nitrogen and oxygen atoms in total. The average molecular weight is 773 g/mol. The van der Waals surface area contributed by atoms with Crippen LogP contribution in [-0.4, -0.2) is 18.0 Å². The molecule has 44 heavy (non-hydrogen) atoms. The van der Waals surface area contributed by atoms with Gasteiger partial charge < -0.3 is 14.4 Å². The molecule has 7 rings (SSSR count). The van der Waals surface area contributed by atoms with Gasteiger partial charge in [0.15, 0.2) is 0 Å². The van der Waals surface area contributed by atoms with Crippen molar-refractivity contribution in [3.63, 3.8) is 0 Å². The van der Waals surface area contributed by atoms with Gasteiger partial charge in [0.1, 0.15) is 5.58 Å². The number of aromatic nitrogens is 2. The molecule has 0 N–H and O–H groups in total. The van der Waals surface area contributed by atoms with Crippen LogP contribution in [0.2, 0.25) is 19.6 Å². The van der Waals surface area contributed by atoms with Crippen LogP contribution in [0.3, 0.4) is 0 Å². The Morgan fingerprint density at radius 2 is 1.50 bits per heavy atom. The second-order valence-electron chi connectivity index (χ2n) is 13.0. The van der Waals surface area contributed by atoms with Crippen molar-refractivity contribution in [1.82, 2.24) is 9.97 Å². The monoisotopic (exact) mass is 773 g/mol. The van der Waals surface area contributed by atoms with E-state index in [1.165, 1.54) is 47.4 Å². The second-order valence-corrected chi connectivity index (χ2v) is 18.0. The Morgan fingerprint density at radius 3 is 2.14 bits per heavy atom. The van der Waals surface area contributed by atoms with Crippen molar-refractivity contribution in [2.24, 2.45) is 0 Å². The van der Waals surface area contributed by atoms with Gasteiger partial charge in [-0.25, -0.2) is 0 Å². The maximum Gasteiger partial charge on any atom is 0.120 e. The van der Waals surface area contributed by atoms with Crippen LogP contribution in [-0.2, 0) is 20.1 Å². The minimum atomic E-state index is -1.50. The van der Waals surface area contributed by atoms with E-state index in [9.17, 15) is 0 Å². The Hall–Kier alpha value is -3.37. The molecular weight excluding hydrogens is 733 g/mol. The second kappa shape index (κ2) is 13.7. The summed E-state index contributed by atoms with van der Waals surface area (Å²) in [6, 6.07) is 33.7. The third-order valence-corrected chi connectivity index (χ3v) is 10.6. The number of para-hydroxylation sites is 1. The fourth-order valence-corrected chi connectivity index (χ4v) is 7.52. The third-order valence-electron chi connectivity index (χ3n) is 8.57. The molecule has 5 heteroatoms. The molecular formula is C39H40IrN2OSi-2. The van der Waals surface area contributed by atoms with Crippen LogP contribution in [0.15, 0.2) is 95.7 Å². The molecule has 0 spiro atoms. The molecule has 1 aliphatic carbocycles. The number of hydrogen-bond acceptors (Lipinski definition) is 3. The summed E-state index contributed by atoms with van der Waals surface area (Å²) in [6.45, 7) is 11.4. The topological polar surface area (TPSA) is 38.9 Å². The molecule has 0 unspecified atom stereocenters. The molecule has 3 aromatic carbocycles. The van der Waals surface area contributed by atoms with E-state index in [2.05, 4.69) is 105 Å². The zero-order valence-corrected chi connectivity index (χ0v) is 29.7. The largest absolute Gasteiger partial charge is 0.501 e. The summed E-state index contributed by atoms with van der Waals surface area (Å²) in [5.41, 5.74) is 8.54. The van der Waals surface area contributed by atoms with Gasteiger partial charge in [-0.2, -0.15) is 0 Å². The van der Waals surface area contributed by atoms with Crippen molar-refractivity contribution in [2.75, 3.05) is 0 Å². The first kappa shape index (κ1) is 32.0. The Kier molecular flexibility index (Phi) is 9.99. The first-order chi connectivity index (χ1) is 20.8.